The Kier molecular flexibility index (Phi) is 5.60. The van der Waals surface area contributed by atoms with Crippen molar-refractivity contribution in [1.82, 2.24) is 20.3 Å². The van der Waals surface area contributed by atoms with Gasteiger partial charge in [-0.15, -0.1) is 5.10 Å². The van der Waals surface area contributed by atoms with E-state index in [1.54, 1.807) is 12.1 Å². The fourth-order valence-corrected chi connectivity index (χ4v) is 1.98. The smallest absolute Gasteiger partial charge is 0.273 e. The van der Waals surface area contributed by atoms with Crippen molar-refractivity contribution < 1.29 is 14.3 Å². The highest BCUT2D eigenvalue weighted by Gasteiger charge is 2.12. The molecule has 118 valence electrons. The second kappa shape index (κ2) is 7.65. The van der Waals surface area contributed by atoms with Crippen LogP contribution < -0.4 is 5.32 Å². The highest BCUT2D eigenvalue weighted by Crippen LogP contribution is 2.06. The molecular formula is C15H19FN4O2. The zero-order chi connectivity index (χ0) is 15.9. The van der Waals surface area contributed by atoms with Crippen molar-refractivity contribution in [2.24, 2.45) is 5.92 Å². The van der Waals surface area contributed by atoms with Crippen LogP contribution in [0.3, 0.4) is 0 Å². The Morgan fingerprint density at radius 3 is 3.05 bits per heavy atom. The first-order chi connectivity index (χ1) is 10.6. The minimum atomic E-state index is -0.312. The highest BCUT2D eigenvalue weighted by molar-refractivity contribution is 5.91. The lowest BCUT2D eigenvalue weighted by Gasteiger charge is -2.09. The van der Waals surface area contributed by atoms with Crippen molar-refractivity contribution in [1.29, 1.82) is 0 Å². The van der Waals surface area contributed by atoms with Gasteiger partial charge in [0.2, 0.25) is 0 Å². The summed E-state index contributed by atoms with van der Waals surface area (Å²) in [6.45, 7) is 2.85. The van der Waals surface area contributed by atoms with Crippen molar-refractivity contribution >= 4 is 5.91 Å². The lowest BCUT2D eigenvalue weighted by atomic mass is 10.1. The predicted molar refractivity (Wildman–Crippen MR) is 78.7 cm³/mol. The Balaban J connectivity index is 1.92. The number of aliphatic hydroxyl groups excluding tert-OH is 1. The van der Waals surface area contributed by atoms with E-state index in [1.165, 1.54) is 23.0 Å². The maximum Gasteiger partial charge on any atom is 0.273 e. The van der Waals surface area contributed by atoms with Gasteiger partial charge in [-0.2, -0.15) is 0 Å². The van der Waals surface area contributed by atoms with E-state index in [-0.39, 0.29) is 29.9 Å². The van der Waals surface area contributed by atoms with Gasteiger partial charge in [0.05, 0.1) is 12.7 Å². The third-order valence-corrected chi connectivity index (χ3v) is 3.24. The van der Waals surface area contributed by atoms with Crippen molar-refractivity contribution in [3.8, 4) is 0 Å². The zero-order valence-electron chi connectivity index (χ0n) is 12.4. The van der Waals surface area contributed by atoms with Gasteiger partial charge in [-0.25, -0.2) is 9.07 Å². The number of carbonyl (C=O) groups excluding carboxylic acids is 1. The monoisotopic (exact) mass is 306 g/mol. The van der Waals surface area contributed by atoms with Crippen LogP contribution in [0.15, 0.2) is 30.5 Å². The quantitative estimate of drug-likeness (QED) is 0.806. The Labute approximate surface area is 128 Å². The first-order valence-corrected chi connectivity index (χ1v) is 7.12. The van der Waals surface area contributed by atoms with Crippen molar-refractivity contribution in [3.05, 3.63) is 47.5 Å². The summed E-state index contributed by atoms with van der Waals surface area (Å²) in [6.07, 6.45) is 2.16. The van der Waals surface area contributed by atoms with E-state index in [0.717, 1.165) is 5.56 Å². The average molecular weight is 306 g/mol. The van der Waals surface area contributed by atoms with E-state index >= 15 is 0 Å². The highest BCUT2D eigenvalue weighted by atomic mass is 19.1. The molecule has 1 heterocycles. The van der Waals surface area contributed by atoms with Crippen LogP contribution >= 0.6 is 0 Å². The SMILES string of the molecule is CC(CCO)CNC(=O)c1cn(Cc2cccc(F)c2)nn1. The largest absolute Gasteiger partial charge is 0.396 e. The Morgan fingerprint density at radius 1 is 1.50 bits per heavy atom. The van der Waals surface area contributed by atoms with E-state index in [9.17, 15) is 9.18 Å². The van der Waals surface area contributed by atoms with Crippen LogP contribution in [0, 0.1) is 11.7 Å². The molecule has 2 aromatic rings. The minimum absolute atomic E-state index is 0.0981. The molecule has 7 heteroatoms. The summed E-state index contributed by atoms with van der Waals surface area (Å²) < 4.78 is 14.6. The lowest BCUT2D eigenvalue weighted by molar-refractivity contribution is 0.0940. The number of aliphatic hydroxyl groups is 1. The maximum absolute atomic E-state index is 13.1. The Hall–Kier alpha value is -2.28. The third-order valence-electron chi connectivity index (χ3n) is 3.24. The van der Waals surface area contributed by atoms with E-state index in [2.05, 4.69) is 15.6 Å². The molecule has 2 N–H and O–H groups in total. The zero-order valence-corrected chi connectivity index (χ0v) is 12.4. The van der Waals surface area contributed by atoms with Gasteiger partial charge in [0.25, 0.3) is 5.91 Å². The Bertz CT molecular complexity index is 630. The molecule has 0 aliphatic carbocycles. The van der Waals surface area contributed by atoms with Gasteiger partial charge < -0.3 is 10.4 Å². The second-order valence-electron chi connectivity index (χ2n) is 5.26. The first kappa shape index (κ1) is 16.1. The standard InChI is InChI=1S/C15H19FN4O2/c1-11(5-6-21)8-17-15(22)14-10-20(19-18-14)9-12-3-2-4-13(16)7-12/h2-4,7,10-11,21H,5-6,8-9H2,1H3,(H,17,22). The number of aromatic nitrogens is 3. The molecule has 2 rings (SSSR count). The first-order valence-electron chi connectivity index (χ1n) is 7.12. The van der Waals surface area contributed by atoms with E-state index in [0.29, 0.717) is 19.5 Å². The molecule has 6 nitrogen and oxygen atoms in total. The molecule has 0 bridgehead atoms. The number of hydrogen-bond acceptors (Lipinski definition) is 4. The van der Waals surface area contributed by atoms with E-state index < -0.39 is 0 Å². The molecule has 0 fully saturated rings. The number of carbonyl (C=O) groups is 1. The molecule has 0 aliphatic rings. The molecule has 0 aliphatic heterocycles. The van der Waals surface area contributed by atoms with Crippen molar-refractivity contribution in [3.63, 3.8) is 0 Å². The molecule has 0 radical (unpaired) electrons. The van der Waals surface area contributed by atoms with E-state index in [4.69, 9.17) is 5.11 Å². The van der Waals surface area contributed by atoms with Gasteiger partial charge in [-0.05, 0) is 30.0 Å². The van der Waals surface area contributed by atoms with E-state index in [1.807, 2.05) is 6.92 Å². The summed E-state index contributed by atoms with van der Waals surface area (Å²) in [5.74, 6) is -0.431. The van der Waals surface area contributed by atoms with Gasteiger partial charge in [0.1, 0.15) is 5.82 Å². The normalized spacial score (nSPS) is 12.1. The summed E-state index contributed by atoms with van der Waals surface area (Å²) in [7, 11) is 0. The van der Waals surface area contributed by atoms with Gasteiger partial charge in [0.15, 0.2) is 5.69 Å². The predicted octanol–water partition coefficient (Wildman–Crippen LogP) is 1.21. The minimum Gasteiger partial charge on any atom is -0.396 e. The number of amides is 1. The molecule has 1 unspecified atom stereocenters. The van der Waals surface area contributed by atoms with Crippen LogP contribution in [0.25, 0.3) is 0 Å². The second-order valence-corrected chi connectivity index (χ2v) is 5.26. The van der Waals surface area contributed by atoms with Crippen LogP contribution in [0.4, 0.5) is 4.39 Å². The Morgan fingerprint density at radius 2 is 2.32 bits per heavy atom. The molecule has 1 aromatic heterocycles. The topological polar surface area (TPSA) is 80.0 Å². The molecule has 0 saturated heterocycles. The summed E-state index contributed by atoms with van der Waals surface area (Å²) in [5.41, 5.74) is 0.959. The summed E-state index contributed by atoms with van der Waals surface area (Å²) >= 11 is 0. The van der Waals surface area contributed by atoms with Crippen LogP contribution in [-0.2, 0) is 6.54 Å². The van der Waals surface area contributed by atoms with Gasteiger partial charge in [-0.1, -0.05) is 24.3 Å². The lowest BCUT2D eigenvalue weighted by Crippen LogP contribution is -2.28. The fourth-order valence-electron chi connectivity index (χ4n) is 1.98. The fraction of sp³-hybridized carbons (Fsp3) is 0.400. The number of rotatable bonds is 7. The van der Waals surface area contributed by atoms with Crippen LogP contribution in [-0.4, -0.2) is 39.2 Å². The van der Waals surface area contributed by atoms with Gasteiger partial charge >= 0.3 is 0 Å². The third kappa shape index (κ3) is 4.63. The van der Waals surface area contributed by atoms with Crippen LogP contribution in [0.2, 0.25) is 0 Å². The number of nitrogens with one attached hydrogen (secondary N) is 1. The average Bonchev–Trinajstić information content (AvgIpc) is 2.94. The van der Waals surface area contributed by atoms with Gasteiger partial charge in [0, 0.05) is 13.2 Å². The van der Waals surface area contributed by atoms with Crippen LogP contribution in [0.5, 0.6) is 0 Å². The molecular weight excluding hydrogens is 287 g/mol. The molecule has 22 heavy (non-hydrogen) atoms. The molecule has 1 amide bonds. The molecule has 1 aromatic carbocycles. The summed E-state index contributed by atoms with van der Waals surface area (Å²) in [5, 5.41) is 19.2. The summed E-state index contributed by atoms with van der Waals surface area (Å²) in [6, 6.07) is 6.19. The van der Waals surface area contributed by atoms with Crippen LogP contribution in [0.1, 0.15) is 29.4 Å². The number of benzene rings is 1. The molecule has 0 saturated carbocycles. The molecule has 0 spiro atoms. The number of hydrogen-bond donors (Lipinski definition) is 2. The van der Waals surface area contributed by atoms with Gasteiger partial charge in [-0.3, -0.25) is 4.79 Å². The molecule has 1 atom stereocenters. The number of halogens is 1. The van der Waals surface area contributed by atoms with Crippen molar-refractivity contribution in [2.75, 3.05) is 13.2 Å². The maximum atomic E-state index is 13.1. The number of nitrogens with zero attached hydrogens (tertiary/aromatic N) is 3. The summed E-state index contributed by atoms with van der Waals surface area (Å²) in [4.78, 5) is 11.9. The van der Waals surface area contributed by atoms with Crippen molar-refractivity contribution in [2.45, 2.75) is 19.9 Å².